The second-order valence-corrected chi connectivity index (χ2v) is 10.6. The highest BCUT2D eigenvalue weighted by Gasteiger charge is 2.23. The molecule has 0 N–H and O–H groups in total. The minimum Gasteiger partial charge on any atom is -0.466 e. The van der Waals surface area contributed by atoms with E-state index in [1.54, 1.807) is 0 Å². The lowest BCUT2D eigenvalue weighted by molar-refractivity contribution is -0.144. The van der Waals surface area contributed by atoms with Gasteiger partial charge in [-0.15, -0.1) is 0 Å². The maximum Gasteiger partial charge on any atom is 0.338 e. The summed E-state index contributed by atoms with van der Waals surface area (Å²) < 4.78 is 25.7. The Morgan fingerprint density at radius 3 is 1.40 bits per heavy atom. The van der Waals surface area contributed by atoms with E-state index in [1.807, 2.05) is 0 Å². The predicted octanol–water partition coefficient (Wildman–Crippen LogP) is 7.42. The van der Waals surface area contributed by atoms with E-state index in [-0.39, 0.29) is 42.0 Å². The highest BCUT2D eigenvalue weighted by molar-refractivity contribution is 5.92. The van der Waals surface area contributed by atoms with Gasteiger partial charge in [0.1, 0.15) is 0 Å². The highest BCUT2D eigenvalue weighted by atomic mass is 16.6. The highest BCUT2D eigenvalue weighted by Crippen LogP contribution is 2.39. The third-order valence-electron chi connectivity index (χ3n) is 6.53. The Labute approximate surface area is 256 Å². The fraction of sp³-hybridized carbons (Fsp3) is 0.667. The summed E-state index contributed by atoms with van der Waals surface area (Å²) in [6.45, 7) is 5.90. The van der Waals surface area contributed by atoms with Crippen LogP contribution in [0.5, 0.6) is 17.2 Å². The van der Waals surface area contributed by atoms with Gasteiger partial charge in [0.25, 0.3) is 0 Å². The van der Waals surface area contributed by atoms with Gasteiger partial charge in [-0.25, -0.2) is 4.79 Å². The van der Waals surface area contributed by atoms with Crippen LogP contribution in [0.2, 0.25) is 0 Å². The van der Waals surface area contributed by atoms with Crippen LogP contribution >= 0.6 is 0 Å². The Morgan fingerprint density at radius 1 is 0.535 bits per heavy atom. The molecule has 0 unspecified atom stereocenters. The molecule has 0 saturated heterocycles. The van der Waals surface area contributed by atoms with Gasteiger partial charge in [-0.1, -0.05) is 84.0 Å². The topological polar surface area (TPSA) is 132 Å². The van der Waals surface area contributed by atoms with Gasteiger partial charge in [-0.05, 0) is 31.4 Å². The average molecular weight is 607 g/mol. The molecule has 1 rings (SSSR count). The number of hydrogen-bond donors (Lipinski definition) is 0. The zero-order chi connectivity index (χ0) is 31.9. The fourth-order valence-corrected chi connectivity index (χ4v) is 4.40. The van der Waals surface area contributed by atoms with Crippen molar-refractivity contribution in [2.24, 2.45) is 0 Å². The molecular weight excluding hydrogens is 556 g/mol. The first-order valence-corrected chi connectivity index (χ1v) is 15.7. The first kappa shape index (κ1) is 37.6. The lowest BCUT2D eigenvalue weighted by Gasteiger charge is -2.14. The molecule has 10 nitrogen and oxygen atoms in total. The molecule has 0 atom stereocenters. The Bertz CT molecular complexity index is 980. The second-order valence-electron chi connectivity index (χ2n) is 10.6. The maximum absolute atomic E-state index is 12.6. The van der Waals surface area contributed by atoms with Gasteiger partial charge in [-0.3, -0.25) is 19.2 Å². The van der Waals surface area contributed by atoms with Gasteiger partial charge in [0.05, 0.1) is 18.8 Å². The summed E-state index contributed by atoms with van der Waals surface area (Å²) in [5.41, 5.74) is -0.0763. The normalized spacial score (nSPS) is 10.6. The second kappa shape index (κ2) is 23.1. The lowest BCUT2D eigenvalue weighted by atomic mass is 10.0. The van der Waals surface area contributed by atoms with Crippen molar-refractivity contribution in [2.75, 3.05) is 13.2 Å². The fourth-order valence-electron chi connectivity index (χ4n) is 4.40. The molecule has 1 aromatic rings. The molecule has 1 aromatic carbocycles. The molecule has 0 spiro atoms. The largest absolute Gasteiger partial charge is 0.466 e. The Hall–Kier alpha value is -3.43. The van der Waals surface area contributed by atoms with Crippen molar-refractivity contribution >= 4 is 29.8 Å². The molecule has 0 aliphatic carbocycles. The van der Waals surface area contributed by atoms with Crippen LogP contribution in [0.4, 0.5) is 0 Å². The van der Waals surface area contributed by atoms with Gasteiger partial charge < -0.3 is 23.7 Å². The van der Waals surface area contributed by atoms with E-state index in [9.17, 15) is 24.0 Å². The van der Waals surface area contributed by atoms with E-state index < -0.39 is 23.9 Å². The molecule has 0 amide bonds. The van der Waals surface area contributed by atoms with Crippen LogP contribution in [0.25, 0.3) is 0 Å². The van der Waals surface area contributed by atoms with Crippen LogP contribution < -0.4 is 14.2 Å². The van der Waals surface area contributed by atoms with Crippen molar-refractivity contribution in [3.8, 4) is 17.2 Å². The predicted molar refractivity (Wildman–Crippen MR) is 161 cm³/mol. The molecule has 242 valence electrons. The van der Waals surface area contributed by atoms with E-state index in [1.165, 1.54) is 64.2 Å². The first-order valence-electron chi connectivity index (χ1n) is 15.7. The molecule has 0 heterocycles. The quantitative estimate of drug-likeness (QED) is 0.0704. The monoisotopic (exact) mass is 606 g/mol. The molecule has 0 bridgehead atoms. The molecule has 10 heteroatoms. The van der Waals surface area contributed by atoms with Crippen molar-refractivity contribution < 1.29 is 47.7 Å². The van der Waals surface area contributed by atoms with Gasteiger partial charge in [0.15, 0.2) is 11.5 Å². The lowest BCUT2D eigenvalue weighted by Crippen LogP contribution is -2.13. The van der Waals surface area contributed by atoms with Crippen molar-refractivity contribution in [2.45, 2.75) is 130 Å². The van der Waals surface area contributed by atoms with Crippen molar-refractivity contribution in [1.82, 2.24) is 0 Å². The van der Waals surface area contributed by atoms with Gasteiger partial charge in [-0.2, -0.15) is 0 Å². The van der Waals surface area contributed by atoms with Crippen LogP contribution in [0.3, 0.4) is 0 Å². The summed E-state index contributed by atoms with van der Waals surface area (Å²) in [7, 11) is 0. The average Bonchev–Trinajstić information content (AvgIpc) is 2.93. The number of esters is 5. The van der Waals surface area contributed by atoms with Gasteiger partial charge in [0, 0.05) is 27.2 Å². The summed E-state index contributed by atoms with van der Waals surface area (Å²) in [4.78, 5) is 59.1. The molecule has 0 aliphatic heterocycles. The first-order chi connectivity index (χ1) is 20.6. The van der Waals surface area contributed by atoms with Crippen molar-refractivity contribution in [1.29, 1.82) is 0 Å². The van der Waals surface area contributed by atoms with E-state index in [0.29, 0.717) is 19.3 Å². The third kappa shape index (κ3) is 18.7. The summed E-state index contributed by atoms with van der Waals surface area (Å²) >= 11 is 0. The number of hydrogen-bond acceptors (Lipinski definition) is 10. The Kier molecular flexibility index (Phi) is 20.2. The Balaban J connectivity index is 2.28. The third-order valence-corrected chi connectivity index (χ3v) is 6.53. The minimum absolute atomic E-state index is 0.0483. The van der Waals surface area contributed by atoms with Crippen LogP contribution in [-0.2, 0) is 28.7 Å². The summed E-state index contributed by atoms with van der Waals surface area (Å²) in [5.74, 6) is -4.07. The standard InChI is InChI=1S/C33H50O10/c1-5-6-7-8-9-10-11-12-13-14-15-16-17-20-31(37)39-21-18-19-22-40-33(38)28-23-29(41-25(2)34)32(43-27(4)36)30(24-28)42-26(3)35/h23-24H,5-22H2,1-4H3. The molecule has 0 saturated carbocycles. The smallest absolute Gasteiger partial charge is 0.338 e. The molecule has 0 aliphatic rings. The zero-order valence-corrected chi connectivity index (χ0v) is 26.5. The van der Waals surface area contributed by atoms with Crippen LogP contribution in [-0.4, -0.2) is 43.1 Å². The van der Waals surface area contributed by atoms with Crippen LogP contribution in [0, 0.1) is 0 Å². The molecular formula is C33H50O10. The van der Waals surface area contributed by atoms with Crippen molar-refractivity contribution in [3.63, 3.8) is 0 Å². The number of carbonyl (C=O) groups excluding carboxylic acids is 5. The van der Waals surface area contributed by atoms with Gasteiger partial charge >= 0.3 is 29.8 Å². The van der Waals surface area contributed by atoms with Crippen LogP contribution in [0.15, 0.2) is 12.1 Å². The molecule has 0 fully saturated rings. The number of ether oxygens (including phenoxy) is 5. The molecule has 0 aromatic heterocycles. The number of carbonyl (C=O) groups is 5. The Morgan fingerprint density at radius 2 is 0.953 bits per heavy atom. The number of benzene rings is 1. The van der Waals surface area contributed by atoms with Crippen LogP contribution in [0.1, 0.15) is 141 Å². The van der Waals surface area contributed by atoms with Gasteiger partial charge in [0.2, 0.25) is 5.75 Å². The maximum atomic E-state index is 12.6. The van der Waals surface area contributed by atoms with E-state index >= 15 is 0 Å². The van der Waals surface area contributed by atoms with E-state index in [2.05, 4.69) is 6.92 Å². The van der Waals surface area contributed by atoms with E-state index in [4.69, 9.17) is 23.7 Å². The molecule has 0 radical (unpaired) electrons. The molecule has 43 heavy (non-hydrogen) atoms. The number of unbranched alkanes of at least 4 members (excludes halogenated alkanes) is 13. The summed E-state index contributed by atoms with van der Waals surface area (Å²) in [6, 6.07) is 2.32. The summed E-state index contributed by atoms with van der Waals surface area (Å²) in [6.07, 6.45) is 17.6. The SMILES string of the molecule is CCCCCCCCCCCCCCCC(=O)OCCCCOC(=O)c1cc(OC(C)=O)c(OC(C)=O)c(OC(C)=O)c1. The number of rotatable bonds is 23. The summed E-state index contributed by atoms with van der Waals surface area (Å²) in [5, 5.41) is 0. The van der Waals surface area contributed by atoms with E-state index in [0.717, 1.165) is 52.2 Å². The minimum atomic E-state index is -0.768. The van der Waals surface area contributed by atoms with Crippen molar-refractivity contribution in [3.05, 3.63) is 17.7 Å². The zero-order valence-electron chi connectivity index (χ0n) is 26.5.